The van der Waals surface area contributed by atoms with E-state index in [0.717, 1.165) is 19.5 Å². The number of nitro groups is 1. The predicted octanol–water partition coefficient (Wildman–Crippen LogP) is 1.72. The summed E-state index contributed by atoms with van der Waals surface area (Å²) in [5, 5.41) is 16.7. The van der Waals surface area contributed by atoms with Crippen LogP contribution in [0, 0.1) is 10.1 Å². The Kier molecular flexibility index (Phi) is 6.99. The van der Waals surface area contributed by atoms with Crippen molar-refractivity contribution in [3.05, 3.63) is 46.0 Å². The van der Waals surface area contributed by atoms with E-state index in [9.17, 15) is 14.9 Å². The molecule has 1 amide bonds. The summed E-state index contributed by atoms with van der Waals surface area (Å²) in [6.45, 7) is 4.36. The first kappa shape index (κ1) is 15.8. The van der Waals surface area contributed by atoms with Gasteiger partial charge in [0.1, 0.15) is 0 Å². The Hall–Kier alpha value is -2.21. The fourth-order valence-electron chi connectivity index (χ4n) is 1.62. The second kappa shape index (κ2) is 8.82. The minimum Gasteiger partial charge on any atom is -0.353 e. The van der Waals surface area contributed by atoms with E-state index in [1.165, 1.54) is 18.2 Å². The lowest BCUT2D eigenvalue weighted by molar-refractivity contribution is -0.385. The van der Waals surface area contributed by atoms with Crippen molar-refractivity contribution in [2.75, 3.05) is 19.6 Å². The lowest BCUT2D eigenvalue weighted by Crippen LogP contribution is -2.25. The Morgan fingerprint density at radius 3 is 2.80 bits per heavy atom. The maximum absolute atomic E-state index is 11.5. The Bertz CT molecular complexity index is 486. The summed E-state index contributed by atoms with van der Waals surface area (Å²) in [7, 11) is 0. The van der Waals surface area contributed by atoms with Gasteiger partial charge in [-0.25, -0.2) is 0 Å². The average molecular weight is 277 g/mol. The highest BCUT2D eigenvalue weighted by molar-refractivity contribution is 5.92. The molecule has 108 valence electrons. The van der Waals surface area contributed by atoms with Gasteiger partial charge >= 0.3 is 0 Å². The van der Waals surface area contributed by atoms with Gasteiger partial charge in [-0.1, -0.05) is 19.1 Å². The highest BCUT2D eigenvalue weighted by Crippen LogP contribution is 2.18. The van der Waals surface area contributed by atoms with Crippen molar-refractivity contribution in [1.82, 2.24) is 10.6 Å². The zero-order chi connectivity index (χ0) is 14.8. The maximum atomic E-state index is 11.5. The van der Waals surface area contributed by atoms with Crippen molar-refractivity contribution >= 4 is 17.7 Å². The summed E-state index contributed by atoms with van der Waals surface area (Å²) >= 11 is 0. The molecule has 0 fully saturated rings. The van der Waals surface area contributed by atoms with Crippen molar-refractivity contribution in [2.45, 2.75) is 13.3 Å². The van der Waals surface area contributed by atoms with Gasteiger partial charge < -0.3 is 10.6 Å². The predicted molar refractivity (Wildman–Crippen MR) is 78.3 cm³/mol. The van der Waals surface area contributed by atoms with Gasteiger partial charge in [-0.2, -0.15) is 0 Å². The van der Waals surface area contributed by atoms with Crippen molar-refractivity contribution < 1.29 is 9.72 Å². The van der Waals surface area contributed by atoms with Gasteiger partial charge in [0.2, 0.25) is 5.91 Å². The number of hydrogen-bond donors (Lipinski definition) is 2. The van der Waals surface area contributed by atoms with E-state index in [4.69, 9.17) is 0 Å². The molecular weight excluding hydrogens is 258 g/mol. The average Bonchev–Trinajstić information content (AvgIpc) is 2.45. The second-order valence-corrected chi connectivity index (χ2v) is 4.15. The van der Waals surface area contributed by atoms with Crippen LogP contribution >= 0.6 is 0 Å². The fourth-order valence-corrected chi connectivity index (χ4v) is 1.62. The number of carbonyl (C=O) groups is 1. The Labute approximate surface area is 118 Å². The summed E-state index contributed by atoms with van der Waals surface area (Å²) in [5.74, 6) is -0.250. The third-order valence-corrected chi connectivity index (χ3v) is 2.63. The van der Waals surface area contributed by atoms with Gasteiger partial charge in [0.15, 0.2) is 0 Å². The first-order valence-corrected chi connectivity index (χ1v) is 6.55. The van der Waals surface area contributed by atoms with E-state index >= 15 is 0 Å². The zero-order valence-electron chi connectivity index (χ0n) is 11.5. The largest absolute Gasteiger partial charge is 0.353 e. The molecule has 0 unspecified atom stereocenters. The molecular formula is C14H19N3O3. The van der Waals surface area contributed by atoms with Crippen LogP contribution in [0.15, 0.2) is 30.3 Å². The van der Waals surface area contributed by atoms with E-state index in [2.05, 4.69) is 10.6 Å². The molecule has 0 bridgehead atoms. The molecule has 20 heavy (non-hydrogen) atoms. The minimum absolute atomic E-state index is 0.0105. The maximum Gasteiger partial charge on any atom is 0.276 e. The standard InChI is InChI=1S/C14H19N3O3/c1-2-15-10-5-11-16-14(18)9-8-12-6-3-4-7-13(12)17(19)20/h3-4,6-9,15H,2,5,10-11H2,1H3,(H,16,18)/b9-8+. The molecule has 0 aliphatic rings. The minimum atomic E-state index is -0.464. The van der Waals surface area contributed by atoms with Gasteiger partial charge in [-0.3, -0.25) is 14.9 Å². The molecule has 1 aromatic rings. The number of amides is 1. The van der Waals surface area contributed by atoms with Gasteiger partial charge in [-0.05, 0) is 31.7 Å². The van der Waals surface area contributed by atoms with E-state index in [1.54, 1.807) is 18.2 Å². The molecule has 1 rings (SSSR count). The number of nitrogens with one attached hydrogen (secondary N) is 2. The molecule has 2 N–H and O–H groups in total. The van der Waals surface area contributed by atoms with Crippen LogP contribution < -0.4 is 10.6 Å². The lowest BCUT2D eigenvalue weighted by atomic mass is 10.1. The second-order valence-electron chi connectivity index (χ2n) is 4.15. The summed E-state index contributed by atoms with van der Waals surface area (Å²) in [6.07, 6.45) is 3.62. The first-order chi connectivity index (χ1) is 9.65. The molecule has 6 nitrogen and oxygen atoms in total. The number of benzene rings is 1. The Morgan fingerprint density at radius 1 is 1.35 bits per heavy atom. The highest BCUT2D eigenvalue weighted by Gasteiger charge is 2.09. The lowest BCUT2D eigenvalue weighted by Gasteiger charge is -2.02. The molecule has 0 radical (unpaired) electrons. The molecule has 0 aromatic heterocycles. The van der Waals surface area contributed by atoms with Crippen LogP contribution in [0.5, 0.6) is 0 Å². The van der Waals surface area contributed by atoms with Crippen LogP contribution in [0.3, 0.4) is 0 Å². The van der Waals surface area contributed by atoms with Crippen molar-refractivity contribution in [2.24, 2.45) is 0 Å². The van der Waals surface area contributed by atoms with Crippen molar-refractivity contribution in [1.29, 1.82) is 0 Å². The Balaban J connectivity index is 2.47. The first-order valence-electron chi connectivity index (χ1n) is 6.55. The normalized spacial score (nSPS) is 10.7. The van der Waals surface area contributed by atoms with Gasteiger partial charge in [0.05, 0.1) is 10.5 Å². The van der Waals surface area contributed by atoms with Crippen LogP contribution in [-0.2, 0) is 4.79 Å². The molecule has 0 spiro atoms. The molecule has 6 heteroatoms. The number of para-hydroxylation sites is 1. The number of hydrogen-bond acceptors (Lipinski definition) is 4. The smallest absolute Gasteiger partial charge is 0.276 e. The molecule has 0 atom stereocenters. The van der Waals surface area contributed by atoms with E-state index in [-0.39, 0.29) is 11.6 Å². The summed E-state index contributed by atoms with van der Waals surface area (Å²) < 4.78 is 0. The van der Waals surface area contributed by atoms with Crippen LogP contribution in [0.1, 0.15) is 18.9 Å². The van der Waals surface area contributed by atoms with Gasteiger partial charge in [-0.15, -0.1) is 0 Å². The third kappa shape index (κ3) is 5.62. The van der Waals surface area contributed by atoms with Crippen molar-refractivity contribution in [3.63, 3.8) is 0 Å². The SMILES string of the molecule is CCNCCCNC(=O)/C=C/c1ccccc1[N+](=O)[O-]. The van der Waals surface area contributed by atoms with E-state index < -0.39 is 4.92 Å². The molecule has 0 saturated heterocycles. The van der Waals surface area contributed by atoms with Crippen LogP contribution in [-0.4, -0.2) is 30.5 Å². The molecule has 0 aliphatic heterocycles. The Morgan fingerprint density at radius 2 is 2.10 bits per heavy atom. The zero-order valence-corrected chi connectivity index (χ0v) is 11.5. The van der Waals surface area contributed by atoms with Crippen molar-refractivity contribution in [3.8, 4) is 0 Å². The summed E-state index contributed by atoms with van der Waals surface area (Å²) in [5.41, 5.74) is 0.406. The highest BCUT2D eigenvalue weighted by atomic mass is 16.6. The summed E-state index contributed by atoms with van der Waals surface area (Å²) in [4.78, 5) is 21.9. The number of rotatable bonds is 8. The summed E-state index contributed by atoms with van der Waals surface area (Å²) in [6, 6.07) is 6.30. The van der Waals surface area contributed by atoms with Gasteiger partial charge in [0.25, 0.3) is 5.69 Å². The van der Waals surface area contributed by atoms with E-state index in [1.807, 2.05) is 6.92 Å². The fraction of sp³-hybridized carbons (Fsp3) is 0.357. The van der Waals surface area contributed by atoms with Crippen LogP contribution in [0.25, 0.3) is 6.08 Å². The molecule has 0 saturated carbocycles. The van der Waals surface area contributed by atoms with Crippen LogP contribution in [0.4, 0.5) is 5.69 Å². The number of nitro benzene ring substituents is 1. The van der Waals surface area contributed by atoms with E-state index in [0.29, 0.717) is 12.1 Å². The molecule has 0 aliphatic carbocycles. The topological polar surface area (TPSA) is 84.3 Å². The molecule has 0 heterocycles. The number of nitrogens with zero attached hydrogens (tertiary/aromatic N) is 1. The molecule has 1 aromatic carbocycles. The third-order valence-electron chi connectivity index (χ3n) is 2.63. The van der Waals surface area contributed by atoms with Crippen LogP contribution in [0.2, 0.25) is 0 Å². The number of carbonyl (C=O) groups excluding carboxylic acids is 1. The quantitative estimate of drug-likeness (QED) is 0.328. The monoisotopic (exact) mass is 277 g/mol. The van der Waals surface area contributed by atoms with Gasteiger partial charge in [0, 0.05) is 18.7 Å².